The standard InChI is InChI=1S/C24H25N5O4/c1-16-15-28-20-21(26(2)24(31)27(22(20)30)13-14-32-3)25-23(28)29(16)17-9-11-19(12-10-17)33-18-7-5-4-6-8-18/h4-12,15,20-21H,13-14H2,1-3H3. The van der Waals surface area contributed by atoms with Gasteiger partial charge in [0.15, 0.2) is 12.2 Å². The second-order valence-electron chi connectivity index (χ2n) is 8.09. The topological polar surface area (TPSA) is 77.9 Å². The van der Waals surface area contributed by atoms with Gasteiger partial charge in [0.1, 0.15) is 11.5 Å². The van der Waals surface area contributed by atoms with Crippen molar-refractivity contribution < 1.29 is 19.1 Å². The molecule has 3 aliphatic rings. The number of imide groups is 1. The van der Waals surface area contributed by atoms with E-state index in [-0.39, 0.29) is 25.1 Å². The van der Waals surface area contributed by atoms with Gasteiger partial charge in [0.05, 0.1) is 13.2 Å². The Bertz CT molecular complexity index is 1130. The maximum absolute atomic E-state index is 13.2. The fourth-order valence-corrected chi connectivity index (χ4v) is 4.35. The van der Waals surface area contributed by atoms with Crippen molar-refractivity contribution in [1.82, 2.24) is 14.7 Å². The van der Waals surface area contributed by atoms with Gasteiger partial charge in [-0.2, -0.15) is 0 Å². The first-order chi connectivity index (χ1) is 16.0. The highest BCUT2D eigenvalue weighted by atomic mass is 16.5. The normalized spacial score (nSPS) is 21.8. The molecule has 0 radical (unpaired) electrons. The number of nitrogens with zero attached hydrogens (tertiary/aromatic N) is 5. The smallest absolute Gasteiger partial charge is 0.328 e. The molecule has 1 saturated heterocycles. The summed E-state index contributed by atoms with van der Waals surface area (Å²) in [6.45, 7) is 2.46. The molecule has 0 aromatic heterocycles. The van der Waals surface area contributed by atoms with Crippen LogP contribution in [0.15, 0.2) is 71.5 Å². The van der Waals surface area contributed by atoms with Crippen LogP contribution in [0.25, 0.3) is 0 Å². The van der Waals surface area contributed by atoms with Crippen LogP contribution in [-0.2, 0) is 9.53 Å². The Morgan fingerprint density at radius 3 is 2.39 bits per heavy atom. The van der Waals surface area contributed by atoms with Crippen molar-refractivity contribution >= 4 is 23.6 Å². The second-order valence-corrected chi connectivity index (χ2v) is 8.09. The third-order valence-electron chi connectivity index (χ3n) is 5.98. The molecule has 1 fully saturated rings. The number of aliphatic imine (C=N–C) groups is 1. The monoisotopic (exact) mass is 447 g/mol. The molecular weight excluding hydrogens is 422 g/mol. The van der Waals surface area contributed by atoms with Gasteiger partial charge in [-0.15, -0.1) is 0 Å². The zero-order chi connectivity index (χ0) is 23.1. The van der Waals surface area contributed by atoms with Crippen molar-refractivity contribution in [2.45, 2.75) is 19.1 Å². The van der Waals surface area contributed by atoms with Crippen LogP contribution >= 0.6 is 0 Å². The Morgan fingerprint density at radius 2 is 1.70 bits per heavy atom. The Hall–Kier alpha value is -3.85. The third-order valence-corrected chi connectivity index (χ3v) is 5.98. The van der Waals surface area contributed by atoms with Crippen LogP contribution in [0.3, 0.4) is 0 Å². The van der Waals surface area contributed by atoms with E-state index in [1.165, 1.54) is 9.80 Å². The molecule has 9 nitrogen and oxygen atoms in total. The number of guanidine groups is 1. The minimum absolute atomic E-state index is 0.209. The highest BCUT2D eigenvalue weighted by Gasteiger charge is 2.54. The largest absolute Gasteiger partial charge is 0.457 e. The summed E-state index contributed by atoms with van der Waals surface area (Å²) < 4.78 is 11.0. The lowest BCUT2D eigenvalue weighted by Crippen LogP contribution is -2.64. The molecular formula is C24H25N5O4. The van der Waals surface area contributed by atoms with Gasteiger partial charge in [0.2, 0.25) is 5.96 Å². The first-order valence-corrected chi connectivity index (χ1v) is 10.7. The van der Waals surface area contributed by atoms with E-state index < -0.39 is 12.2 Å². The van der Waals surface area contributed by atoms with Crippen molar-refractivity contribution in [2.75, 3.05) is 32.2 Å². The quantitative estimate of drug-likeness (QED) is 0.677. The number of hydrogen-bond donors (Lipinski definition) is 0. The van der Waals surface area contributed by atoms with Crippen molar-refractivity contribution in [2.24, 2.45) is 4.99 Å². The third kappa shape index (κ3) is 3.50. The summed E-state index contributed by atoms with van der Waals surface area (Å²) >= 11 is 0. The average molecular weight is 447 g/mol. The van der Waals surface area contributed by atoms with Crippen LogP contribution in [0.5, 0.6) is 11.5 Å². The Morgan fingerprint density at radius 1 is 1.00 bits per heavy atom. The Kier molecular flexibility index (Phi) is 5.26. The highest BCUT2D eigenvalue weighted by Crippen LogP contribution is 2.37. The first kappa shape index (κ1) is 21.0. The Labute approximate surface area is 192 Å². The van der Waals surface area contributed by atoms with Gasteiger partial charge in [0, 0.05) is 31.7 Å². The number of carbonyl (C=O) groups is 2. The van der Waals surface area contributed by atoms with E-state index in [9.17, 15) is 9.59 Å². The number of rotatable bonds is 6. The lowest BCUT2D eigenvalue weighted by atomic mass is 10.1. The van der Waals surface area contributed by atoms with Gasteiger partial charge in [0.25, 0.3) is 5.91 Å². The summed E-state index contributed by atoms with van der Waals surface area (Å²) in [5.41, 5.74) is 1.82. The summed E-state index contributed by atoms with van der Waals surface area (Å²) in [4.78, 5) is 37.4. The van der Waals surface area contributed by atoms with E-state index in [1.54, 1.807) is 14.2 Å². The number of anilines is 1. The van der Waals surface area contributed by atoms with Crippen LogP contribution in [0.1, 0.15) is 6.92 Å². The molecule has 5 rings (SSSR count). The van der Waals surface area contributed by atoms with Gasteiger partial charge in [-0.25, -0.2) is 9.79 Å². The molecule has 3 aliphatic heterocycles. The number of methoxy groups -OCH3 is 1. The number of likely N-dealkylation sites (N-methyl/N-ethyl adjacent to an activating group) is 1. The fourth-order valence-electron chi connectivity index (χ4n) is 4.35. The van der Waals surface area contributed by atoms with Crippen molar-refractivity contribution in [3.8, 4) is 11.5 Å². The number of hydrogen-bond acceptors (Lipinski definition) is 7. The number of para-hydroxylation sites is 1. The number of allylic oxidation sites excluding steroid dienone is 1. The van der Waals surface area contributed by atoms with E-state index in [2.05, 4.69) is 0 Å². The summed E-state index contributed by atoms with van der Waals surface area (Å²) in [5, 5.41) is 0. The summed E-state index contributed by atoms with van der Waals surface area (Å²) in [5.74, 6) is 1.85. The lowest BCUT2D eigenvalue weighted by molar-refractivity contribution is -0.137. The number of amides is 3. The van der Waals surface area contributed by atoms with E-state index >= 15 is 0 Å². The minimum atomic E-state index is -0.597. The van der Waals surface area contributed by atoms with Gasteiger partial charge in [-0.3, -0.25) is 14.6 Å². The molecule has 33 heavy (non-hydrogen) atoms. The molecule has 0 aliphatic carbocycles. The SMILES string of the molecule is COCCN1C(=O)C2C(N=C3N(c4ccc(Oc5ccccc5)cc4)C(C)=CN32)N(C)C1=O. The van der Waals surface area contributed by atoms with Crippen LogP contribution < -0.4 is 9.64 Å². The van der Waals surface area contributed by atoms with E-state index in [0.29, 0.717) is 5.96 Å². The molecule has 0 saturated carbocycles. The number of urea groups is 1. The molecule has 170 valence electrons. The van der Waals surface area contributed by atoms with Crippen molar-refractivity contribution in [1.29, 1.82) is 0 Å². The minimum Gasteiger partial charge on any atom is -0.457 e. The van der Waals surface area contributed by atoms with Crippen LogP contribution in [0, 0.1) is 0 Å². The van der Waals surface area contributed by atoms with Gasteiger partial charge in [-0.1, -0.05) is 18.2 Å². The highest BCUT2D eigenvalue weighted by molar-refractivity contribution is 6.09. The molecule has 3 amide bonds. The van der Waals surface area contributed by atoms with Crippen LogP contribution in [0.2, 0.25) is 0 Å². The summed E-state index contributed by atoms with van der Waals surface area (Å²) in [6.07, 6.45) is 1.33. The number of benzene rings is 2. The molecule has 2 aromatic carbocycles. The molecule has 9 heteroatoms. The zero-order valence-electron chi connectivity index (χ0n) is 18.7. The van der Waals surface area contributed by atoms with E-state index in [1.807, 2.05) is 77.5 Å². The van der Waals surface area contributed by atoms with E-state index in [0.717, 1.165) is 22.9 Å². The average Bonchev–Trinajstić information content (AvgIpc) is 3.33. The predicted molar refractivity (Wildman–Crippen MR) is 123 cm³/mol. The van der Waals surface area contributed by atoms with Gasteiger partial charge in [-0.05, 0) is 43.3 Å². The Balaban J connectivity index is 1.39. The number of carbonyl (C=O) groups excluding carboxylic acids is 2. The zero-order valence-corrected chi connectivity index (χ0v) is 18.7. The summed E-state index contributed by atoms with van der Waals surface area (Å²) in [6, 6.07) is 16.3. The van der Waals surface area contributed by atoms with Gasteiger partial charge < -0.3 is 19.3 Å². The summed E-state index contributed by atoms with van der Waals surface area (Å²) in [7, 11) is 3.22. The molecule has 3 heterocycles. The molecule has 0 spiro atoms. The molecule has 2 aromatic rings. The van der Waals surface area contributed by atoms with Crippen LogP contribution in [-0.4, -0.2) is 72.1 Å². The number of ether oxygens (including phenoxy) is 2. The van der Waals surface area contributed by atoms with Crippen molar-refractivity contribution in [3.63, 3.8) is 0 Å². The maximum atomic E-state index is 13.2. The van der Waals surface area contributed by atoms with Crippen LogP contribution in [0.4, 0.5) is 10.5 Å². The van der Waals surface area contributed by atoms with E-state index in [4.69, 9.17) is 14.5 Å². The van der Waals surface area contributed by atoms with Crippen molar-refractivity contribution in [3.05, 3.63) is 66.5 Å². The molecule has 2 unspecified atom stereocenters. The first-order valence-electron chi connectivity index (χ1n) is 10.7. The second kappa shape index (κ2) is 8.25. The molecule has 2 atom stereocenters. The van der Waals surface area contributed by atoms with Gasteiger partial charge >= 0.3 is 6.03 Å². The lowest BCUT2D eigenvalue weighted by Gasteiger charge is -2.40. The fraction of sp³-hybridized carbons (Fsp3) is 0.292. The predicted octanol–water partition coefficient (Wildman–Crippen LogP) is 3.07. The molecule has 0 bridgehead atoms. The number of fused-ring (bicyclic) bond motifs is 3. The molecule has 0 N–H and O–H groups in total. The maximum Gasteiger partial charge on any atom is 0.328 e.